The Bertz CT molecular complexity index is 509. The number of amides is 1. The van der Waals surface area contributed by atoms with Crippen molar-refractivity contribution < 1.29 is 4.79 Å². The minimum Gasteiger partial charge on any atom is -0.308 e. The summed E-state index contributed by atoms with van der Waals surface area (Å²) in [6.45, 7) is 10.2. The molecule has 114 valence electrons. The monoisotopic (exact) mass is 287 g/mol. The summed E-state index contributed by atoms with van der Waals surface area (Å²) in [5.41, 5.74) is 2.41. The van der Waals surface area contributed by atoms with Crippen molar-refractivity contribution in [1.29, 1.82) is 0 Å². The molecule has 4 nitrogen and oxygen atoms in total. The summed E-state index contributed by atoms with van der Waals surface area (Å²) in [6, 6.07) is 8.58. The van der Waals surface area contributed by atoms with Gasteiger partial charge in [-0.3, -0.25) is 9.69 Å². The number of rotatable bonds is 3. The van der Waals surface area contributed by atoms with Crippen molar-refractivity contribution in [2.24, 2.45) is 0 Å². The molecule has 0 spiro atoms. The topological polar surface area (TPSA) is 26.8 Å². The molecule has 1 atom stereocenters. The van der Waals surface area contributed by atoms with E-state index in [4.69, 9.17) is 0 Å². The van der Waals surface area contributed by atoms with Crippen LogP contribution in [0.3, 0.4) is 0 Å². The molecule has 4 heteroatoms. The minimum absolute atomic E-state index is 0.248. The number of fused-ring (bicyclic) bond motifs is 1. The highest BCUT2D eigenvalue weighted by Crippen LogP contribution is 2.31. The van der Waals surface area contributed by atoms with E-state index in [0.717, 1.165) is 44.8 Å². The zero-order chi connectivity index (χ0) is 14.8. The summed E-state index contributed by atoms with van der Waals surface area (Å²) in [5.74, 6) is 0.248. The van der Waals surface area contributed by atoms with Gasteiger partial charge >= 0.3 is 0 Å². The van der Waals surface area contributed by atoms with Crippen LogP contribution in [0.1, 0.15) is 19.4 Å². The fraction of sp³-hybridized carbons (Fsp3) is 0.588. The maximum absolute atomic E-state index is 12.7. The number of likely N-dealkylation sites (N-methyl/N-ethyl adjacent to an activating group) is 1. The third kappa shape index (κ3) is 2.97. The maximum atomic E-state index is 12.7. The largest absolute Gasteiger partial charge is 0.308 e. The second kappa shape index (κ2) is 6.16. The molecule has 0 bridgehead atoms. The molecule has 1 fully saturated rings. The second-order valence-corrected chi connectivity index (χ2v) is 6.16. The van der Waals surface area contributed by atoms with E-state index in [0.29, 0.717) is 6.54 Å². The minimum atomic E-state index is 0.248. The average molecular weight is 287 g/mol. The van der Waals surface area contributed by atoms with Gasteiger partial charge in [0.25, 0.3) is 0 Å². The lowest BCUT2D eigenvalue weighted by Crippen LogP contribution is -2.50. The lowest BCUT2D eigenvalue weighted by molar-refractivity contribution is -0.120. The zero-order valence-corrected chi connectivity index (χ0v) is 13.1. The van der Waals surface area contributed by atoms with Crippen LogP contribution < -0.4 is 4.90 Å². The van der Waals surface area contributed by atoms with Crippen LogP contribution in [0.2, 0.25) is 0 Å². The molecular weight excluding hydrogens is 262 g/mol. The van der Waals surface area contributed by atoms with Gasteiger partial charge in [-0.2, -0.15) is 0 Å². The lowest BCUT2D eigenvalue weighted by atomic mass is 10.1. The SMILES string of the molecule is CCN1CCN(CC(=O)N2c3ccccc3C[C@H]2C)CC1. The summed E-state index contributed by atoms with van der Waals surface area (Å²) in [4.78, 5) is 19.4. The molecule has 0 saturated carbocycles. The highest BCUT2D eigenvalue weighted by molar-refractivity contribution is 5.97. The van der Waals surface area contributed by atoms with Gasteiger partial charge in [0, 0.05) is 37.9 Å². The smallest absolute Gasteiger partial charge is 0.241 e. The first kappa shape index (κ1) is 14.5. The van der Waals surface area contributed by atoms with E-state index in [1.54, 1.807) is 0 Å². The van der Waals surface area contributed by atoms with Crippen LogP contribution >= 0.6 is 0 Å². The normalized spacial score (nSPS) is 23.3. The predicted octanol–water partition coefficient (Wildman–Crippen LogP) is 1.60. The summed E-state index contributed by atoms with van der Waals surface area (Å²) >= 11 is 0. The molecule has 1 amide bonds. The van der Waals surface area contributed by atoms with Gasteiger partial charge in [-0.25, -0.2) is 0 Å². The summed E-state index contributed by atoms with van der Waals surface area (Å²) in [7, 11) is 0. The number of anilines is 1. The van der Waals surface area contributed by atoms with Crippen molar-refractivity contribution >= 4 is 11.6 Å². The molecule has 21 heavy (non-hydrogen) atoms. The Morgan fingerprint density at radius 1 is 1.14 bits per heavy atom. The first-order valence-corrected chi connectivity index (χ1v) is 8.03. The van der Waals surface area contributed by atoms with E-state index >= 15 is 0 Å². The molecule has 0 radical (unpaired) electrons. The third-order valence-electron chi connectivity index (χ3n) is 4.75. The number of piperazine rings is 1. The number of benzene rings is 1. The molecule has 1 saturated heterocycles. The van der Waals surface area contributed by atoms with Gasteiger partial charge in [-0.15, -0.1) is 0 Å². The van der Waals surface area contributed by atoms with Crippen molar-refractivity contribution in [3.63, 3.8) is 0 Å². The van der Waals surface area contributed by atoms with Crippen molar-refractivity contribution in [3.05, 3.63) is 29.8 Å². The Hall–Kier alpha value is -1.39. The zero-order valence-electron chi connectivity index (χ0n) is 13.1. The quantitative estimate of drug-likeness (QED) is 0.845. The van der Waals surface area contributed by atoms with Crippen LogP contribution in [0.25, 0.3) is 0 Å². The Labute approximate surface area is 127 Å². The lowest BCUT2D eigenvalue weighted by Gasteiger charge is -2.35. The molecule has 0 aliphatic carbocycles. The third-order valence-corrected chi connectivity index (χ3v) is 4.75. The first-order chi connectivity index (χ1) is 10.2. The molecule has 2 aliphatic rings. The molecule has 3 rings (SSSR count). The summed E-state index contributed by atoms with van der Waals surface area (Å²) in [6.07, 6.45) is 0.978. The number of carbonyl (C=O) groups is 1. The van der Waals surface area contributed by atoms with Crippen LogP contribution in [0.4, 0.5) is 5.69 Å². The standard InChI is InChI=1S/C17H25N3O/c1-3-18-8-10-19(11-9-18)13-17(21)20-14(2)12-15-6-4-5-7-16(15)20/h4-7,14H,3,8-13H2,1-2H3/t14-/m1/s1. The van der Waals surface area contributed by atoms with Crippen molar-refractivity contribution in [1.82, 2.24) is 9.80 Å². The van der Waals surface area contributed by atoms with Crippen LogP contribution in [0, 0.1) is 0 Å². The molecule has 2 aliphatic heterocycles. The predicted molar refractivity (Wildman–Crippen MR) is 85.6 cm³/mol. The Kier molecular flexibility index (Phi) is 4.27. The van der Waals surface area contributed by atoms with Crippen LogP contribution in [0.5, 0.6) is 0 Å². The molecule has 0 N–H and O–H groups in total. The number of para-hydroxylation sites is 1. The molecular formula is C17H25N3O. The van der Waals surface area contributed by atoms with Gasteiger partial charge < -0.3 is 9.80 Å². The first-order valence-electron chi connectivity index (χ1n) is 8.03. The van der Waals surface area contributed by atoms with Gasteiger partial charge in [0.1, 0.15) is 0 Å². The van der Waals surface area contributed by atoms with E-state index in [2.05, 4.69) is 41.8 Å². The van der Waals surface area contributed by atoms with Crippen LogP contribution in [-0.2, 0) is 11.2 Å². The van der Waals surface area contributed by atoms with Crippen LogP contribution in [-0.4, -0.2) is 61.0 Å². The Morgan fingerprint density at radius 3 is 2.52 bits per heavy atom. The van der Waals surface area contributed by atoms with Gasteiger partial charge in [0.15, 0.2) is 0 Å². The molecule has 0 aromatic heterocycles. The Morgan fingerprint density at radius 2 is 1.81 bits per heavy atom. The fourth-order valence-electron chi connectivity index (χ4n) is 3.48. The number of carbonyl (C=O) groups excluding carboxylic acids is 1. The molecule has 1 aromatic carbocycles. The van der Waals surface area contributed by atoms with E-state index < -0.39 is 0 Å². The van der Waals surface area contributed by atoms with Crippen LogP contribution in [0.15, 0.2) is 24.3 Å². The fourth-order valence-corrected chi connectivity index (χ4v) is 3.48. The number of hydrogen-bond acceptors (Lipinski definition) is 3. The van der Waals surface area contributed by atoms with Crippen molar-refractivity contribution in [3.8, 4) is 0 Å². The molecule has 0 unspecified atom stereocenters. The van der Waals surface area contributed by atoms with Crippen molar-refractivity contribution in [2.75, 3.05) is 44.2 Å². The van der Waals surface area contributed by atoms with Gasteiger partial charge in [-0.1, -0.05) is 25.1 Å². The van der Waals surface area contributed by atoms with E-state index in [-0.39, 0.29) is 11.9 Å². The molecule has 1 aromatic rings. The highest BCUT2D eigenvalue weighted by Gasteiger charge is 2.31. The molecule has 2 heterocycles. The van der Waals surface area contributed by atoms with E-state index in [9.17, 15) is 4.79 Å². The number of hydrogen-bond donors (Lipinski definition) is 0. The van der Waals surface area contributed by atoms with Gasteiger partial charge in [-0.05, 0) is 31.5 Å². The maximum Gasteiger partial charge on any atom is 0.241 e. The van der Waals surface area contributed by atoms with Crippen molar-refractivity contribution in [2.45, 2.75) is 26.3 Å². The summed E-state index contributed by atoms with van der Waals surface area (Å²) < 4.78 is 0. The summed E-state index contributed by atoms with van der Waals surface area (Å²) in [5, 5.41) is 0. The number of nitrogens with zero attached hydrogens (tertiary/aromatic N) is 3. The highest BCUT2D eigenvalue weighted by atomic mass is 16.2. The van der Waals surface area contributed by atoms with E-state index in [1.165, 1.54) is 5.56 Å². The van der Waals surface area contributed by atoms with Gasteiger partial charge in [0.05, 0.1) is 6.54 Å². The Balaban J connectivity index is 1.64. The average Bonchev–Trinajstić information content (AvgIpc) is 2.83. The second-order valence-electron chi connectivity index (χ2n) is 6.16. The van der Waals surface area contributed by atoms with E-state index in [1.807, 2.05) is 11.0 Å². The van der Waals surface area contributed by atoms with Gasteiger partial charge in [0.2, 0.25) is 5.91 Å².